The first kappa shape index (κ1) is 15.9. The third kappa shape index (κ3) is 4.28. The minimum atomic E-state index is -1.28. The fourth-order valence-electron chi connectivity index (χ4n) is 2.23. The molecule has 0 saturated heterocycles. The van der Waals surface area contributed by atoms with Crippen molar-refractivity contribution in [2.45, 2.75) is 38.5 Å². The van der Waals surface area contributed by atoms with Crippen molar-refractivity contribution < 1.29 is 13.4 Å². The summed E-state index contributed by atoms with van der Waals surface area (Å²) < 4.78 is 17.8. The Morgan fingerprint density at radius 1 is 1.30 bits per heavy atom. The van der Waals surface area contributed by atoms with Crippen LogP contribution in [0, 0.1) is 13.8 Å². The van der Waals surface area contributed by atoms with Gasteiger partial charge in [-0.2, -0.15) is 0 Å². The normalized spacial score (nSPS) is 15.4. The summed E-state index contributed by atoms with van der Waals surface area (Å²) in [5.74, 6) is 1.28. The van der Waals surface area contributed by atoms with Crippen molar-refractivity contribution in [2.24, 2.45) is 0 Å². The molecule has 1 aliphatic carbocycles. The van der Waals surface area contributed by atoms with Crippen LogP contribution in [0.5, 0.6) is 0 Å². The lowest BCUT2D eigenvalue weighted by atomic mass is 10.1. The molecule has 0 spiro atoms. The Labute approximate surface area is 138 Å². The van der Waals surface area contributed by atoms with Gasteiger partial charge in [0.05, 0.1) is 11.4 Å². The van der Waals surface area contributed by atoms with Crippen molar-refractivity contribution in [1.82, 2.24) is 10.3 Å². The molecule has 23 heavy (non-hydrogen) atoms. The highest BCUT2D eigenvalue weighted by Gasteiger charge is 2.24. The van der Waals surface area contributed by atoms with E-state index in [9.17, 15) is 9.00 Å². The van der Waals surface area contributed by atoms with E-state index in [2.05, 4.69) is 10.3 Å². The molecule has 122 valence electrons. The molecule has 0 radical (unpaired) electrons. The maximum atomic E-state index is 12.1. The van der Waals surface area contributed by atoms with Gasteiger partial charge < -0.3 is 9.73 Å². The summed E-state index contributed by atoms with van der Waals surface area (Å²) in [7, 11) is -1.28. The molecule has 1 saturated carbocycles. The lowest BCUT2D eigenvalue weighted by Crippen LogP contribution is -2.30. The van der Waals surface area contributed by atoms with Gasteiger partial charge in [-0.25, -0.2) is 4.98 Å². The lowest BCUT2D eigenvalue weighted by molar-refractivity contribution is -0.118. The zero-order valence-corrected chi connectivity index (χ0v) is 14.1. The molecule has 0 bridgehead atoms. The van der Waals surface area contributed by atoms with Crippen LogP contribution < -0.4 is 5.32 Å². The molecule has 6 heteroatoms. The Bertz CT molecular complexity index is 733. The minimum Gasteiger partial charge on any atom is -0.441 e. The number of benzene rings is 1. The van der Waals surface area contributed by atoms with Crippen LogP contribution in [0.1, 0.15) is 29.9 Å². The first-order chi connectivity index (χ1) is 11.0. The molecule has 1 aliphatic rings. The third-order valence-corrected chi connectivity index (χ3v) is 4.90. The molecule has 0 unspecified atom stereocenters. The van der Waals surface area contributed by atoms with Crippen LogP contribution in [0.3, 0.4) is 0 Å². The molecule has 3 rings (SSSR count). The van der Waals surface area contributed by atoms with Crippen LogP contribution in [0.2, 0.25) is 0 Å². The SMILES string of the molecule is Cc1ccc(-c2nc(C[S@@](=O)CC(=O)NC3CC3)c(C)o2)cc1. The maximum Gasteiger partial charge on any atom is 0.232 e. The van der Waals surface area contributed by atoms with Gasteiger partial charge in [-0.05, 0) is 38.8 Å². The fourth-order valence-corrected chi connectivity index (χ4v) is 3.28. The van der Waals surface area contributed by atoms with Gasteiger partial charge in [-0.15, -0.1) is 0 Å². The lowest BCUT2D eigenvalue weighted by Gasteiger charge is -2.02. The van der Waals surface area contributed by atoms with Crippen molar-refractivity contribution in [3.05, 3.63) is 41.3 Å². The predicted molar refractivity (Wildman–Crippen MR) is 89.3 cm³/mol. The Morgan fingerprint density at radius 3 is 2.65 bits per heavy atom. The van der Waals surface area contributed by atoms with Crippen LogP contribution in [-0.4, -0.2) is 26.9 Å². The largest absolute Gasteiger partial charge is 0.441 e. The summed E-state index contributed by atoms with van der Waals surface area (Å²) in [5, 5.41) is 2.85. The molecule has 1 atom stereocenters. The number of amides is 1. The number of hydrogen-bond acceptors (Lipinski definition) is 4. The van der Waals surface area contributed by atoms with Gasteiger partial charge in [-0.1, -0.05) is 17.7 Å². The summed E-state index contributed by atoms with van der Waals surface area (Å²) in [6.45, 7) is 3.83. The summed E-state index contributed by atoms with van der Waals surface area (Å²) in [4.78, 5) is 16.1. The molecule has 1 fully saturated rings. The number of carbonyl (C=O) groups excluding carboxylic acids is 1. The van der Waals surface area contributed by atoms with Gasteiger partial charge in [0.25, 0.3) is 0 Å². The van der Waals surface area contributed by atoms with Crippen molar-refractivity contribution in [2.75, 3.05) is 5.75 Å². The van der Waals surface area contributed by atoms with Crippen molar-refractivity contribution >= 4 is 16.7 Å². The molecule has 5 nitrogen and oxygen atoms in total. The van der Waals surface area contributed by atoms with Crippen molar-refractivity contribution in [3.63, 3.8) is 0 Å². The smallest absolute Gasteiger partial charge is 0.232 e. The highest BCUT2D eigenvalue weighted by atomic mass is 32.2. The first-order valence-electron chi connectivity index (χ1n) is 7.69. The molecule has 1 heterocycles. The Kier molecular flexibility index (Phi) is 4.61. The second-order valence-electron chi connectivity index (χ2n) is 5.96. The Balaban J connectivity index is 1.64. The molecule has 1 amide bonds. The van der Waals surface area contributed by atoms with Crippen LogP contribution in [0.4, 0.5) is 0 Å². The predicted octanol–water partition coefficient (Wildman–Crippen LogP) is 2.49. The highest BCUT2D eigenvalue weighted by Crippen LogP contribution is 2.23. The first-order valence-corrected chi connectivity index (χ1v) is 9.18. The fraction of sp³-hybridized carbons (Fsp3) is 0.412. The average molecular weight is 332 g/mol. The number of nitrogens with zero attached hydrogens (tertiary/aromatic N) is 1. The second-order valence-corrected chi connectivity index (χ2v) is 7.42. The van der Waals surface area contributed by atoms with Crippen molar-refractivity contribution in [3.8, 4) is 11.5 Å². The minimum absolute atomic E-state index is 0.0165. The average Bonchev–Trinajstić information content (AvgIpc) is 3.23. The maximum absolute atomic E-state index is 12.1. The molecular formula is C17H20N2O3S. The van der Waals surface area contributed by atoms with E-state index in [1.165, 1.54) is 5.56 Å². The van der Waals surface area contributed by atoms with Crippen LogP contribution in [-0.2, 0) is 21.3 Å². The van der Waals surface area contributed by atoms with Crippen molar-refractivity contribution in [1.29, 1.82) is 0 Å². The van der Waals surface area contributed by atoms with Gasteiger partial charge in [-0.3, -0.25) is 9.00 Å². The third-order valence-electron chi connectivity index (χ3n) is 3.72. The summed E-state index contributed by atoms with van der Waals surface area (Å²) in [5.41, 5.74) is 2.71. The zero-order chi connectivity index (χ0) is 16.4. The van der Waals surface area contributed by atoms with Gasteiger partial charge in [0, 0.05) is 22.4 Å². The van der Waals surface area contributed by atoms with Crippen LogP contribution in [0.15, 0.2) is 28.7 Å². The molecule has 1 aromatic heterocycles. The van der Waals surface area contributed by atoms with Gasteiger partial charge >= 0.3 is 0 Å². The quantitative estimate of drug-likeness (QED) is 0.882. The van der Waals surface area contributed by atoms with Crippen LogP contribution in [0.25, 0.3) is 11.5 Å². The monoisotopic (exact) mass is 332 g/mol. The number of nitrogens with one attached hydrogen (secondary N) is 1. The molecule has 1 N–H and O–H groups in total. The van der Waals surface area contributed by atoms with Gasteiger partial charge in [0.2, 0.25) is 11.8 Å². The Morgan fingerprint density at radius 2 is 2.00 bits per heavy atom. The van der Waals surface area contributed by atoms with E-state index < -0.39 is 10.8 Å². The molecular weight excluding hydrogens is 312 g/mol. The Hall–Kier alpha value is -1.95. The van der Waals surface area contributed by atoms with Crippen LogP contribution >= 0.6 is 0 Å². The number of hydrogen-bond donors (Lipinski definition) is 1. The number of oxazole rings is 1. The number of aromatic nitrogens is 1. The van der Waals surface area contributed by atoms with E-state index in [1.807, 2.05) is 38.1 Å². The summed E-state index contributed by atoms with van der Waals surface area (Å²) in [6.07, 6.45) is 2.06. The van der Waals surface area contributed by atoms with E-state index in [0.717, 1.165) is 18.4 Å². The van der Waals surface area contributed by atoms with Gasteiger partial charge in [0.1, 0.15) is 11.5 Å². The standard InChI is InChI=1S/C17H20N2O3S/c1-11-3-5-13(6-4-11)17-19-15(12(2)22-17)9-23(21)10-16(20)18-14-7-8-14/h3-6,14H,7-10H2,1-2H3,(H,18,20)/t23-/m1/s1. The number of aryl methyl sites for hydroxylation is 2. The molecule has 2 aromatic rings. The van der Waals surface area contributed by atoms with E-state index in [1.54, 1.807) is 0 Å². The van der Waals surface area contributed by atoms with E-state index >= 15 is 0 Å². The van der Waals surface area contributed by atoms with E-state index in [0.29, 0.717) is 23.4 Å². The summed E-state index contributed by atoms with van der Waals surface area (Å²) >= 11 is 0. The van der Waals surface area contributed by atoms with Gasteiger partial charge in [0.15, 0.2) is 0 Å². The molecule has 1 aromatic carbocycles. The highest BCUT2D eigenvalue weighted by molar-refractivity contribution is 7.84. The van der Waals surface area contributed by atoms with E-state index in [4.69, 9.17) is 4.42 Å². The summed E-state index contributed by atoms with van der Waals surface area (Å²) in [6, 6.07) is 8.18. The topological polar surface area (TPSA) is 72.2 Å². The zero-order valence-electron chi connectivity index (χ0n) is 13.3. The second kappa shape index (κ2) is 6.66. The van der Waals surface area contributed by atoms with E-state index in [-0.39, 0.29) is 17.4 Å². The molecule has 0 aliphatic heterocycles. The number of carbonyl (C=O) groups is 1. The number of rotatable bonds is 6.